The second-order valence-electron chi connectivity index (χ2n) is 3.74. The third-order valence-electron chi connectivity index (χ3n) is 2.39. The van der Waals surface area contributed by atoms with Crippen molar-refractivity contribution in [3.05, 3.63) is 57.2 Å². The molecule has 0 radical (unpaired) electrons. The summed E-state index contributed by atoms with van der Waals surface area (Å²) in [6, 6.07) is 7.11. The quantitative estimate of drug-likeness (QED) is 0.389. The van der Waals surface area contributed by atoms with Crippen LogP contribution in [0.2, 0.25) is 5.02 Å². The van der Waals surface area contributed by atoms with E-state index < -0.39 is 4.92 Å². The number of ether oxygens (including phenoxy) is 1. The number of benzene rings is 1. The van der Waals surface area contributed by atoms with E-state index in [0.29, 0.717) is 0 Å². The van der Waals surface area contributed by atoms with Gasteiger partial charge in [-0.05, 0) is 24.3 Å². The second kappa shape index (κ2) is 5.54. The minimum Gasteiger partial charge on any atom is -0.431 e. The molecule has 1 heterocycles. The van der Waals surface area contributed by atoms with Crippen LogP contribution >= 0.6 is 11.6 Å². The van der Waals surface area contributed by atoms with Crippen LogP contribution in [0.1, 0.15) is 5.56 Å². The number of amidine groups is 1. The Hall–Kier alpha value is -2.67. The van der Waals surface area contributed by atoms with Gasteiger partial charge in [0.2, 0.25) is 11.6 Å². The minimum absolute atomic E-state index is 0.0189. The molecule has 3 N–H and O–H groups in total. The van der Waals surface area contributed by atoms with Crippen molar-refractivity contribution in [1.82, 2.24) is 4.98 Å². The molecule has 0 bridgehead atoms. The minimum atomic E-state index is -0.613. The van der Waals surface area contributed by atoms with Gasteiger partial charge in [-0.15, -0.1) is 0 Å². The van der Waals surface area contributed by atoms with E-state index in [2.05, 4.69) is 4.98 Å². The molecule has 0 saturated heterocycles. The third kappa shape index (κ3) is 2.83. The molecule has 0 saturated carbocycles. The lowest BCUT2D eigenvalue weighted by Crippen LogP contribution is -2.13. The Bertz CT molecular complexity index is 690. The predicted octanol–water partition coefficient (Wildman–Crippen LogP) is 2.72. The zero-order valence-electron chi connectivity index (χ0n) is 10.0. The number of rotatable bonds is 4. The predicted molar refractivity (Wildman–Crippen MR) is 73.4 cm³/mol. The van der Waals surface area contributed by atoms with Crippen LogP contribution in [0.4, 0.5) is 5.69 Å². The van der Waals surface area contributed by atoms with Gasteiger partial charge in [0, 0.05) is 17.3 Å². The standard InChI is InChI=1S/C12H9ClN4O3/c13-7-3-4-10(9(6-7)17(18)19)20-12-8(11(14)15)2-1-5-16-12/h1-6H,(H3,14,15). The van der Waals surface area contributed by atoms with Gasteiger partial charge in [0.15, 0.2) is 0 Å². The molecular weight excluding hydrogens is 284 g/mol. The molecule has 0 unspecified atom stereocenters. The summed E-state index contributed by atoms with van der Waals surface area (Å²) in [7, 11) is 0. The molecule has 8 heteroatoms. The summed E-state index contributed by atoms with van der Waals surface area (Å²) in [5, 5.41) is 18.6. The zero-order valence-corrected chi connectivity index (χ0v) is 10.8. The van der Waals surface area contributed by atoms with E-state index in [1.54, 1.807) is 6.07 Å². The van der Waals surface area contributed by atoms with Gasteiger partial charge in [0.25, 0.3) is 0 Å². The van der Waals surface area contributed by atoms with Crippen LogP contribution < -0.4 is 10.5 Å². The van der Waals surface area contributed by atoms with E-state index in [1.165, 1.54) is 30.5 Å². The highest BCUT2D eigenvalue weighted by atomic mass is 35.5. The van der Waals surface area contributed by atoms with Crippen LogP contribution in [0.3, 0.4) is 0 Å². The van der Waals surface area contributed by atoms with Gasteiger partial charge in [-0.1, -0.05) is 11.6 Å². The summed E-state index contributed by atoms with van der Waals surface area (Å²) in [6.07, 6.45) is 1.43. The molecule has 1 aromatic heterocycles. The number of hydrogen-bond donors (Lipinski definition) is 2. The Morgan fingerprint density at radius 3 is 2.85 bits per heavy atom. The molecule has 2 rings (SSSR count). The molecular formula is C12H9ClN4O3. The molecule has 0 fully saturated rings. The summed E-state index contributed by atoms with van der Waals surface area (Å²) < 4.78 is 5.39. The number of nitrogen functional groups attached to an aromatic ring is 1. The first kappa shape index (κ1) is 13.8. The van der Waals surface area contributed by atoms with Gasteiger partial charge in [-0.2, -0.15) is 0 Å². The van der Waals surface area contributed by atoms with Crippen molar-refractivity contribution >= 4 is 23.1 Å². The van der Waals surface area contributed by atoms with Crippen molar-refractivity contribution in [1.29, 1.82) is 5.41 Å². The Kier molecular flexibility index (Phi) is 3.81. The van der Waals surface area contributed by atoms with Crippen molar-refractivity contribution in [2.24, 2.45) is 5.73 Å². The van der Waals surface area contributed by atoms with Gasteiger partial charge in [0.1, 0.15) is 5.84 Å². The lowest BCUT2D eigenvalue weighted by Gasteiger charge is -2.09. The maximum Gasteiger partial charge on any atom is 0.313 e. The first-order chi connectivity index (χ1) is 9.49. The molecule has 7 nitrogen and oxygen atoms in total. The number of nitro benzene ring substituents is 1. The lowest BCUT2D eigenvalue weighted by molar-refractivity contribution is -0.385. The van der Waals surface area contributed by atoms with Crippen molar-refractivity contribution < 1.29 is 9.66 Å². The van der Waals surface area contributed by atoms with Crippen LogP contribution in [0.15, 0.2) is 36.5 Å². The Balaban J connectivity index is 2.45. The molecule has 0 aliphatic rings. The van der Waals surface area contributed by atoms with E-state index in [-0.39, 0.29) is 33.7 Å². The number of pyridine rings is 1. The van der Waals surface area contributed by atoms with Gasteiger partial charge in [0.05, 0.1) is 10.5 Å². The SMILES string of the molecule is N=C(N)c1cccnc1Oc1ccc(Cl)cc1[N+](=O)[O-]. The lowest BCUT2D eigenvalue weighted by atomic mass is 10.2. The maximum atomic E-state index is 11.0. The number of aromatic nitrogens is 1. The fourth-order valence-electron chi connectivity index (χ4n) is 1.50. The zero-order chi connectivity index (χ0) is 14.7. The van der Waals surface area contributed by atoms with Crippen LogP contribution in [-0.2, 0) is 0 Å². The molecule has 0 spiro atoms. The van der Waals surface area contributed by atoms with Crippen LogP contribution in [0, 0.1) is 15.5 Å². The third-order valence-corrected chi connectivity index (χ3v) is 2.62. The molecule has 102 valence electrons. The Labute approximate surface area is 118 Å². The van der Waals surface area contributed by atoms with Crippen molar-refractivity contribution in [3.8, 4) is 11.6 Å². The summed E-state index contributed by atoms with van der Waals surface area (Å²) in [4.78, 5) is 14.3. The van der Waals surface area contributed by atoms with Gasteiger partial charge in [-0.3, -0.25) is 15.5 Å². The number of halogens is 1. The monoisotopic (exact) mass is 292 g/mol. The Morgan fingerprint density at radius 1 is 1.45 bits per heavy atom. The summed E-state index contributed by atoms with van der Waals surface area (Å²) >= 11 is 5.72. The van der Waals surface area contributed by atoms with Crippen LogP contribution in [0.25, 0.3) is 0 Å². The van der Waals surface area contributed by atoms with Crippen LogP contribution in [0.5, 0.6) is 11.6 Å². The topological polar surface area (TPSA) is 115 Å². The molecule has 0 aliphatic heterocycles. The molecule has 0 atom stereocenters. The van der Waals surface area contributed by atoms with E-state index in [9.17, 15) is 10.1 Å². The molecule has 20 heavy (non-hydrogen) atoms. The largest absolute Gasteiger partial charge is 0.431 e. The second-order valence-corrected chi connectivity index (χ2v) is 4.18. The highest BCUT2D eigenvalue weighted by Gasteiger charge is 2.18. The normalized spacial score (nSPS) is 10.1. The molecule has 0 amide bonds. The number of nitro groups is 1. The Morgan fingerprint density at radius 2 is 2.20 bits per heavy atom. The van der Waals surface area contributed by atoms with E-state index >= 15 is 0 Å². The summed E-state index contributed by atoms with van der Waals surface area (Å²) in [5.74, 6) is -0.254. The number of nitrogens with zero attached hydrogens (tertiary/aromatic N) is 2. The number of nitrogens with two attached hydrogens (primary N) is 1. The number of nitrogens with one attached hydrogen (secondary N) is 1. The van der Waals surface area contributed by atoms with Crippen LogP contribution in [-0.4, -0.2) is 15.7 Å². The average Bonchev–Trinajstić information content (AvgIpc) is 2.41. The summed E-state index contributed by atoms with van der Waals surface area (Å²) in [5.41, 5.74) is 5.35. The first-order valence-corrected chi connectivity index (χ1v) is 5.78. The van der Waals surface area contributed by atoms with E-state index in [1.807, 2.05) is 0 Å². The first-order valence-electron chi connectivity index (χ1n) is 5.40. The highest BCUT2D eigenvalue weighted by molar-refractivity contribution is 6.30. The van der Waals surface area contributed by atoms with Crippen molar-refractivity contribution in [2.75, 3.05) is 0 Å². The molecule has 1 aromatic carbocycles. The molecule has 2 aromatic rings. The summed E-state index contributed by atoms with van der Waals surface area (Å²) in [6.45, 7) is 0. The highest BCUT2D eigenvalue weighted by Crippen LogP contribution is 2.33. The van der Waals surface area contributed by atoms with Gasteiger partial charge >= 0.3 is 5.69 Å². The van der Waals surface area contributed by atoms with Gasteiger partial charge in [-0.25, -0.2) is 4.98 Å². The van der Waals surface area contributed by atoms with Crippen molar-refractivity contribution in [3.63, 3.8) is 0 Å². The smallest absolute Gasteiger partial charge is 0.313 e. The average molecular weight is 293 g/mol. The fourth-order valence-corrected chi connectivity index (χ4v) is 1.67. The fraction of sp³-hybridized carbons (Fsp3) is 0. The molecule has 0 aliphatic carbocycles. The van der Waals surface area contributed by atoms with E-state index in [0.717, 1.165) is 0 Å². The van der Waals surface area contributed by atoms with Crippen molar-refractivity contribution in [2.45, 2.75) is 0 Å². The van der Waals surface area contributed by atoms with Gasteiger partial charge < -0.3 is 10.5 Å². The maximum absolute atomic E-state index is 11.0. The number of hydrogen-bond acceptors (Lipinski definition) is 5. The van der Waals surface area contributed by atoms with E-state index in [4.69, 9.17) is 27.5 Å².